The molecule has 0 saturated carbocycles. The highest BCUT2D eigenvalue weighted by Crippen LogP contribution is 2.34. The van der Waals surface area contributed by atoms with Crippen molar-refractivity contribution in [2.24, 2.45) is 5.92 Å². The molecule has 3 heterocycles. The average molecular weight is 264 g/mol. The highest BCUT2D eigenvalue weighted by molar-refractivity contribution is 5.77. The first-order chi connectivity index (χ1) is 9.17. The summed E-state index contributed by atoms with van der Waals surface area (Å²) in [5.74, 6) is 1.07. The minimum atomic E-state index is 0.433. The van der Waals surface area contributed by atoms with E-state index in [1.807, 2.05) is 0 Å². The monoisotopic (exact) mass is 264 g/mol. The lowest BCUT2D eigenvalue weighted by molar-refractivity contribution is -0.135. The van der Waals surface area contributed by atoms with E-state index in [2.05, 4.69) is 24.1 Å². The molecule has 0 aromatic heterocycles. The Morgan fingerprint density at radius 1 is 1.16 bits per heavy atom. The van der Waals surface area contributed by atoms with E-state index in [1.54, 1.807) is 0 Å². The van der Waals surface area contributed by atoms with Gasteiger partial charge in [-0.15, -0.1) is 0 Å². The summed E-state index contributed by atoms with van der Waals surface area (Å²) in [4.78, 5) is 14.8. The normalized spacial score (nSPS) is 41.8. The van der Waals surface area contributed by atoms with Crippen molar-refractivity contribution in [3.05, 3.63) is 0 Å². The molecule has 3 nitrogen and oxygen atoms in total. The van der Waals surface area contributed by atoms with Gasteiger partial charge in [-0.2, -0.15) is 0 Å². The molecular weight excluding hydrogens is 236 g/mol. The minimum Gasteiger partial charge on any atom is -0.337 e. The molecule has 3 aliphatic heterocycles. The van der Waals surface area contributed by atoms with Crippen molar-refractivity contribution < 1.29 is 4.79 Å². The molecular formula is C16H28N2O. The number of carbonyl (C=O) groups is 1. The van der Waals surface area contributed by atoms with Crippen LogP contribution in [0.4, 0.5) is 0 Å². The Morgan fingerprint density at radius 2 is 1.84 bits per heavy atom. The molecule has 0 aliphatic carbocycles. The Hall–Kier alpha value is -0.570. The van der Waals surface area contributed by atoms with Crippen LogP contribution >= 0.6 is 0 Å². The fourth-order valence-electron chi connectivity index (χ4n) is 4.62. The molecule has 3 saturated heterocycles. The first kappa shape index (κ1) is 13.4. The fraction of sp³-hybridized carbons (Fsp3) is 0.938. The Labute approximate surface area is 117 Å². The third kappa shape index (κ3) is 2.67. The van der Waals surface area contributed by atoms with Crippen LogP contribution in [0, 0.1) is 5.92 Å². The summed E-state index contributed by atoms with van der Waals surface area (Å²) in [6.45, 7) is 4.44. The highest BCUT2D eigenvalue weighted by atomic mass is 16.2. The van der Waals surface area contributed by atoms with Gasteiger partial charge in [0.15, 0.2) is 0 Å². The van der Waals surface area contributed by atoms with E-state index in [4.69, 9.17) is 0 Å². The van der Waals surface area contributed by atoms with Gasteiger partial charge in [0.05, 0.1) is 0 Å². The van der Waals surface area contributed by atoms with Crippen molar-refractivity contribution in [1.82, 2.24) is 10.2 Å². The molecule has 0 aromatic rings. The van der Waals surface area contributed by atoms with Gasteiger partial charge in [0.25, 0.3) is 0 Å². The number of likely N-dealkylation sites (tertiary alicyclic amines) is 1. The van der Waals surface area contributed by atoms with Crippen molar-refractivity contribution in [3.8, 4) is 0 Å². The molecule has 0 radical (unpaired) electrons. The van der Waals surface area contributed by atoms with E-state index < -0.39 is 0 Å². The standard InChI is InChI=1S/C16H28N2O/c1-3-15-7-4-11(2)18(15)16(19)10-12-8-13-5-6-14(9-12)17-13/h11-15,17H,3-10H2,1-2H3. The Morgan fingerprint density at radius 3 is 2.47 bits per heavy atom. The van der Waals surface area contributed by atoms with Crippen LogP contribution in [0.2, 0.25) is 0 Å². The van der Waals surface area contributed by atoms with Gasteiger partial charge in [-0.1, -0.05) is 6.92 Å². The molecule has 4 atom stereocenters. The van der Waals surface area contributed by atoms with Crippen LogP contribution in [0.15, 0.2) is 0 Å². The molecule has 3 rings (SSSR count). The van der Waals surface area contributed by atoms with Crippen LogP contribution in [0.25, 0.3) is 0 Å². The zero-order chi connectivity index (χ0) is 13.4. The lowest BCUT2D eigenvalue weighted by Crippen LogP contribution is -2.43. The summed E-state index contributed by atoms with van der Waals surface area (Å²) in [7, 11) is 0. The summed E-state index contributed by atoms with van der Waals surface area (Å²) in [5.41, 5.74) is 0. The lowest BCUT2D eigenvalue weighted by atomic mass is 9.89. The number of carbonyl (C=O) groups excluding carboxylic acids is 1. The van der Waals surface area contributed by atoms with E-state index in [0.29, 0.717) is 36.0 Å². The molecule has 3 heteroatoms. The Balaban J connectivity index is 1.58. The van der Waals surface area contributed by atoms with Crippen LogP contribution in [0.3, 0.4) is 0 Å². The van der Waals surface area contributed by atoms with Gasteiger partial charge >= 0.3 is 0 Å². The molecule has 19 heavy (non-hydrogen) atoms. The maximum absolute atomic E-state index is 12.6. The van der Waals surface area contributed by atoms with Crippen molar-refractivity contribution in [2.45, 2.75) is 89.4 Å². The third-order valence-electron chi connectivity index (χ3n) is 5.58. The number of hydrogen-bond acceptors (Lipinski definition) is 2. The third-order valence-corrected chi connectivity index (χ3v) is 5.58. The number of nitrogens with one attached hydrogen (secondary N) is 1. The van der Waals surface area contributed by atoms with E-state index in [1.165, 1.54) is 38.5 Å². The summed E-state index contributed by atoms with van der Waals surface area (Å²) < 4.78 is 0. The molecule has 0 aromatic carbocycles. The first-order valence-electron chi connectivity index (χ1n) is 8.24. The molecule has 0 spiro atoms. The molecule has 1 N–H and O–H groups in total. The largest absolute Gasteiger partial charge is 0.337 e. The predicted molar refractivity (Wildman–Crippen MR) is 76.9 cm³/mol. The highest BCUT2D eigenvalue weighted by Gasteiger charge is 2.37. The number of nitrogens with zero attached hydrogens (tertiary/aromatic N) is 1. The van der Waals surface area contributed by atoms with Gasteiger partial charge in [0.2, 0.25) is 5.91 Å². The summed E-state index contributed by atoms with van der Waals surface area (Å²) in [6, 6.07) is 2.39. The number of piperidine rings is 1. The number of hydrogen-bond donors (Lipinski definition) is 1. The Bertz CT molecular complexity index is 332. The summed E-state index contributed by atoms with van der Waals surface area (Å²) in [5, 5.41) is 3.67. The average Bonchev–Trinajstić information content (AvgIpc) is 2.92. The smallest absolute Gasteiger partial charge is 0.223 e. The van der Waals surface area contributed by atoms with Gasteiger partial charge < -0.3 is 10.2 Å². The van der Waals surface area contributed by atoms with Gasteiger partial charge in [0.1, 0.15) is 0 Å². The van der Waals surface area contributed by atoms with E-state index in [9.17, 15) is 4.79 Å². The van der Waals surface area contributed by atoms with Gasteiger partial charge in [-0.3, -0.25) is 4.79 Å². The predicted octanol–water partition coefficient (Wildman–Crippen LogP) is 2.70. The Kier molecular flexibility index (Phi) is 3.84. The first-order valence-corrected chi connectivity index (χ1v) is 8.24. The number of rotatable bonds is 3. The molecule has 1 amide bonds. The van der Waals surface area contributed by atoms with E-state index in [-0.39, 0.29) is 0 Å². The topological polar surface area (TPSA) is 32.3 Å². The van der Waals surface area contributed by atoms with Crippen LogP contribution in [0.1, 0.15) is 65.2 Å². The SMILES string of the molecule is CCC1CCC(C)N1C(=O)CC1CC2CCC(C1)N2. The quantitative estimate of drug-likeness (QED) is 0.850. The van der Waals surface area contributed by atoms with Gasteiger partial charge in [-0.25, -0.2) is 0 Å². The van der Waals surface area contributed by atoms with Crippen molar-refractivity contribution >= 4 is 5.91 Å². The molecule has 3 fully saturated rings. The minimum absolute atomic E-state index is 0.433. The second-order valence-electron chi connectivity index (χ2n) is 6.97. The molecule has 2 bridgehead atoms. The lowest BCUT2D eigenvalue weighted by Gasteiger charge is -2.33. The van der Waals surface area contributed by atoms with Crippen molar-refractivity contribution in [1.29, 1.82) is 0 Å². The van der Waals surface area contributed by atoms with Crippen LogP contribution in [-0.2, 0) is 4.79 Å². The molecule has 3 aliphatic rings. The number of amides is 1. The zero-order valence-electron chi connectivity index (χ0n) is 12.4. The van der Waals surface area contributed by atoms with Crippen molar-refractivity contribution in [2.75, 3.05) is 0 Å². The summed E-state index contributed by atoms with van der Waals surface area (Å²) in [6.07, 6.45) is 9.42. The van der Waals surface area contributed by atoms with Crippen LogP contribution < -0.4 is 5.32 Å². The van der Waals surface area contributed by atoms with Gasteiger partial charge in [-0.05, 0) is 57.8 Å². The van der Waals surface area contributed by atoms with Crippen LogP contribution in [0.5, 0.6) is 0 Å². The van der Waals surface area contributed by atoms with Gasteiger partial charge in [0, 0.05) is 30.6 Å². The maximum Gasteiger partial charge on any atom is 0.223 e. The maximum atomic E-state index is 12.6. The second-order valence-corrected chi connectivity index (χ2v) is 6.97. The molecule has 4 unspecified atom stereocenters. The second kappa shape index (κ2) is 5.43. The number of fused-ring (bicyclic) bond motifs is 2. The zero-order valence-corrected chi connectivity index (χ0v) is 12.4. The molecule has 108 valence electrons. The summed E-state index contributed by atoms with van der Waals surface area (Å²) >= 11 is 0. The van der Waals surface area contributed by atoms with Crippen LogP contribution in [-0.4, -0.2) is 35.0 Å². The van der Waals surface area contributed by atoms with E-state index in [0.717, 1.165) is 12.8 Å². The van der Waals surface area contributed by atoms with E-state index >= 15 is 0 Å². The fourth-order valence-corrected chi connectivity index (χ4v) is 4.62. The van der Waals surface area contributed by atoms with Crippen molar-refractivity contribution in [3.63, 3.8) is 0 Å².